The van der Waals surface area contributed by atoms with E-state index in [4.69, 9.17) is 0 Å². The lowest BCUT2D eigenvalue weighted by Crippen LogP contribution is -2.20. The zero-order valence-corrected chi connectivity index (χ0v) is 14.4. The summed E-state index contributed by atoms with van der Waals surface area (Å²) in [7, 11) is 0. The highest BCUT2D eigenvalue weighted by Gasteiger charge is 2.12. The summed E-state index contributed by atoms with van der Waals surface area (Å²) in [4.78, 5) is 11.9. The second kappa shape index (κ2) is 7.28. The molecule has 0 bridgehead atoms. The number of benzene rings is 2. The van der Waals surface area contributed by atoms with Crippen LogP contribution >= 0.6 is 0 Å². The molecule has 0 aliphatic carbocycles. The molecule has 0 aliphatic rings. The van der Waals surface area contributed by atoms with Crippen molar-refractivity contribution in [1.29, 1.82) is 0 Å². The van der Waals surface area contributed by atoms with Crippen LogP contribution in [0.5, 0.6) is 0 Å². The van der Waals surface area contributed by atoms with Crippen LogP contribution in [-0.4, -0.2) is 5.91 Å². The van der Waals surface area contributed by atoms with E-state index >= 15 is 0 Å². The lowest BCUT2D eigenvalue weighted by molar-refractivity contribution is -0.116. The lowest BCUT2D eigenvalue weighted by atomic mass is 9.87. The van der Waals surface area contributed by atoms with Gasteiger partial charge < -0.3 is 5.32 Å². The minimum Gasteiger partial charge on any atom is -0.348 e. The molecule has 23 heavy (non-hydrogen) atoms. The Hall–Kier alpha value is -2.35. The molecule has 1 amide bonds. The molecule has 120 valence electrons. The van der Waals surface area contributed by atoms with E-state index in [-0.39, 0.29) is 11.3 Å². The summed E-state index contributed by atoms with van der Waals surface area (Å²) in [5, 5.41) is 2.90. The third kappa shape index (κ3) is 5.41. The van der Waals surface area contributed by atoms with E-state index in [1.807, 2.05) is 42.5 Å². The van der Waals surface area contributed by atoms with Crippen LogP contribution < -0.4 is 5.32 Å². The number of amides is 1. The SMILES string of the molecule is Cc1ccc(CNC(=O)C=Cc2ccc(C(C)(C)C)cc2)cc1. The highest BCUT2D eigenvalue weighted by Crippen LogP contribution is 2.22. The zero-order valence-electron chi connectivity index (χ0n) is 14.4. The van der Waals surface area contributed by atoms with Crippen molar-refractivity contribution in [3.63, 3.8) is 0 Å². The van der Waals surface area contributed by atoms with Gasteiger partial charge in [-0.3, -0.25) is 4.79 Å². The van der Waals surface area contributed by atoms with Crippen molar-refractivity contribution in [2.45, 2.75) is 39.7 Å². The number of hydrogen-bond acceptors (Lipinski definition) is 1. The van der Waals surface area contributed by atoms with Gasteiger partial charge in [0.25, 0.3) is 0 Å². The number of carbonyl (C=O) groups excluding carboxylic acids is 1. The first-order valence-electron chi connectivity index (χ1n) is 7.96. The summed E-state index contributed by atoms with van der Waals surface area (Å²) >= 11 is 0. The lowest BCUT2D eigenvalue weighted by Gasteiger charge is -2.18. The van der Waals surface area contributed by atoms with Gasteiger partial charge in [0.1, 0.15) is 0 Å². The Kier molecular flexibility index (Phi) is 5.38. The van der Waals surface area contributed by atoms with Gasteiger partial charge in [-0.25, -0.2) is 0 Å². The summed E-state index contributed by atoms with van der Waals surface area (Å²) < 4.78 is 0. The molecule has 0 aromatic heterocycles. The van der Waals surface area contributed by atoms with Crippen LogP contribution in [0.4, 0.5) is 0 Å². The van der Waals surface area contributed by atoms with Crippen molar-refractivity contribution in [2.75, 3.05) is 0 Å². The fourth-order valence-electron chi connectivity index (χ4n) is 2.22. The van der Waals surface area contributed by atoms with E-state index in [0.29, 0.717) is 6.54 Å². The monoisotopic (exact) mass is 307 g/mol. The van der Waals surface area contributed by atoms with Crippen LogP contribution in [0.1, 0.15) is 43.0 Å². The fourth-order valence-corrected chi connectivity index (χ4v) is 2.22. The first kappa shape index (κ1) is 17.0. The molecule has 2 nitrogen and oxygen atoms in total. The van der Waals surface area contributed by atoms with Crippen LogP contribution in [-0.2, 0) is 16.8 Å². The first-order valence-corrected chi connectivity index (χ1v) is 7.96. The van der Waals surface area contributed by atoms with Gasteiger partial charge in [-0.2, -0.15) is 0 Å². The molecule has 2 aromatic carbocycles. The van der Waals surface area contributed by atoms with E-state index in [0.717, 1.165) is 11.1 Å². The van der Waals surface area contributed by atoms with Crippen molar-refractivity contribution in [2.24, 2.45) is 0 Å². The number of carbonyl (C=O) groups is 1. The van der Waals surface area contributed by atoms with E-state index in [9.17, 15) is 4.79 Å². The maximum Gasteiger partial charge on any atom is 0.244 e. The van der Waals surface area contributed by atoms with Gasteiger partial charge in [0.15, 0.2) is 0 Å². The van der Waals surface area contributed by atoms with Crippen LogP contribution in [0.3, 0.4) is 0 Å². The van der Waals surface area contributed by atoms with E-state index in [2.05, 4.69) is 45.1 Å². The van der Waals surface area contributed by atoms with Crippen molar-refractivity contribution in [3.8, 4) is 0 Å². The largest absolute Gasteiger partial charge is 0.348 e. The third-order valence-electron chi connectivity index (χ3n) is 3.79. The Morgan fingerprint density at radius 2 is 1.61 bits per heavy atom. The minimum absolute atomic E-state index is 0.0783. The van der Waals surface area contributed by atoms with E-state index in [1.165, 1.54) is 11.1 Å². The van der Waals surface area contributed by atoms with Crippen LogP contribution in [0.25, 0.3) is 6.08 Å². The molecule has 0 fully saturated rings. The predicted molar refractivity (Wildman–Crippen MR) is 97.2 cm³/mol. The molecule has 0 radical (unpaired) electrons. The molecule has 0 spiro atoms. The highest BCUT2D eigenvalue weighted by molar-refractivity contribution is 5.91. The van der Waals surface area contributed by atoms with Crippen molar-refractivity contribution in [1.82, 2.24) is 5.32 Å². The van der Waals surface area contributed by atoms with Gasteiger partial charge in [-0.05, 0) is 35.1 Å². The predicted octanol–water partition coefficient (Wildman–Crippen LogP) is 4.62. The van der Waals surface area contributed by atoms with Gasteiger partial charge >= 0.3 is 0 Å². The molecular weight excluding hydrogens is 282 g/mol. The Morgan fingerprint density at radius 3 is 2.17 bits per heavy atom. The van der Waals surface area contributed by atoms with Crippen LogP contribution in [0.2, 0.25) is 0 Å². The smallest absolute Gasteiger partial charge is 0.244 e. The summed E-state index contributed by atoms with van der Waals surface area (Å²) in [6.45, 7) is 9.17. The van der Waals surface area contributed by atoms with Gasteiger partial charge in [0.05, 0.1) is 0 Å². The molecule has 0 unspecified atom stereocenters. The Bertz CT molecular complexity index is 673. The average molecular weight is 307 g/mol. The topological polar surface area (TPSA) is 29.1 Å². The van der Waals surface area contributed by atoms with E-state index in [1.54, 1.807) is 6.08 Å². The van der Waals surface area contributed by atoms with Crippen molar-refractivity contribution in [3.05, 3.63) is 76.9 Å². The second-order valence-electron chi connectivity index (χ2n) is 6.91. The van der Waals surface area contributed by atoms with Gasteiger partial charge in [0, 0.05) is 12.6 Å². The second-order valence-corrected chi connectivity index (χ2v) is 6.91. The summed E-state index contributed by atoms with van der Waals surface area (Å²) in [6.07, 6.45) is 3.43. The Morgan fingerprint density at radius 1 is 1.00 bits per heavy atom. The zero-order chi connectivity index (χ0) is 16.9. The van der Waals surface area contributed by atoms with Crippen molar-refractivity contribution >= 4 is 12.0 Å². The standard InChI is InChI=1S/C21H25NO/c1-16-5-7-18(8-6-16)15-22-20(23)14-11-17-9-12-19(13-10-17)21(2,3)4/h5-14H,15H2,1-4H3,(H,22,23). The Labute approximate surface area is 139 Å². The molecule has 2 aromatic rings. The molecule has 0 aliphatic heterocycles. The number of nitrogens with one attached hydrogen (secondary N) is 1. The maximum absolute atomic E-state index is 11.9. The van der Waals surface area contributed by atoms with Crippen LogP contribution in [0.15, 0.2) is 54.6 Å². The van der Waals surface area contributed by atoms with Crippen LogP contribution in [0, 0.1) is 6.92 Å². The van der Waals surface area contributed by atoms with Crippen molar-refractivity contribution < 1.29 is 4.79 Å². The molecule has 2 heteroatoms. The molecule has 1 N–H and O–H groups in total. The number of rotatable bonds is 4. The molecule has 2 rings (SSSR count). The molecule has 0 saturated carbocycles. The summed E-state index contributed by atoms with van der Waals surface area (Å²) in [6, 6.07) is 16.5. The van der Waals surface area contributed by atoms with Gasteiger partial charge in [-0.1, -0.05) is 74.9 Å². The fraction of sp³-hybridized carbons (Fsp3) is 0.286. The van der Waals surface area contributed by atoms with Gasteiger partial charge in [0.2, 0.25) is 5.91 Å². The molecule has 0 saturated heterocycles. The normalized spacial score (nSPS) is 11.7. The molecule has 0 heterocycles. The van der Waals surface area contributed by atoms with Gasteiger partial charge in [-0.15, -0.1) is 0 Å². The van der Waals surface area contributed by atoms with E-state index < -0.39 is 0 Å². The first-order chi connectivity index (χ1) is 10.8. The molecular formula is C21H25NO. The number of aryl methyl sites for hydroxylation is 1. The molecule has 0 atom stereocenters. The highest BCUT2D eigenvalue weighted by atomic mass is 16.1. The Balaban J connectivity index is 1.89. The third-order valence-corrected chi connectivity index (χ3v) is 3.79. The quantitative estimate of drug-likeness (QED) is 0.820. The number of hydrogen-bond donors (Lipinski definition) is 1. The minimum atomic E-state index is -0.0783. The maximum atomic E-state index is 11.9. The summed E-state index contributed by atoms with van der Waals surface area (Å²) in [5.74, 6) is -0.0783. The average Bonchev–Trinajstić information content (AvgIpc) is 2.52. The summed E-state index contributed by atoms with van der Waals surface area (Å²) in [5.41, 5.74) is 4.79.